The Morgan fingerprint density at radius 3 is 2.17 bits per heavy atom. The van der Waals surface area contributed by atoms with Gasteiger partial charge in [0.1, 0.15) is 17.4 Å². The molecule has 2 N–H and O–H groups in total. The van der Waals surface area contributed by atoms with Crippen molar-refractivity contribution in [1.29, 1.82) is 0 Å². The minimum atomic E-state index is -1.14. The van der Waals surface area contributed by atoms with E-state index in [9.17, 15) is 14.7 Å². The molecule has 0 heterocycles. The number of carbonyl (C=O) groups is 2. The van der Waals surface area contributed by atoms with Crippen LogP contribution in [0.25, 0.3) is 0 Å². The largest absolute Gasteiger partial charge is 0.494 e. The van der Waals surface area contributed by atoms with E-state index >= 15 is 0 Å². The Labute approximate surface area is 151 Å². The maximum absolute atomic E-state index is 11.8. The van der Waals surface area contributed by atoms with Gasteiger partial charge in [0.05, 0.1) is 16.1 Å². The lowest BCUT2D eigenvalue weighted by atomic mass is 10.1. The number of halogens is 2. The first kappa shape index (κ1) is 19.8. The van der Waals surface area contributed by atoms with Gasteiger partial charge in [0.15, 0.2) is 0 Å². The van der Waals surface area contributed by atoms with Gasteiger partial charge in [-0.2, -0.15) is 0 Å². The third-order valence-electron chi connectivity index (χ3n) is 2.69. The Kier molecular flexibility index (Phi) is 6.88. The topological polar surface area (TPSA) is 84.9 Å². The molecule has 0 aliphatic rings. The molecule has 1 atom stereocenters. The fourth-order valence-corrected chi connectivity index (χ4v) is 3.42. The summed E-state index contributed by atoms with van der Waals surface area (Å²) in [5.41, 5.74) is 0.0206. The molecule has 0 unspecified atom stereocenters. The lowest BCUT2D eigenvalue weighted by Crippen LogP contribution is -2.44. The molecule has 0 aliphatic carbocycles. The molecule has 0 fully saturated rings. The Morgan fingerprint density at radius 2 is 1.78 bits per heavy atom. The SMILES string of the molecule is COc1c(Br)cc(C[C@@H](NC(=O)OC(C)(C)C)C(=O)O)cc1Br. The number of hydrogen-bond donors (Lipinski definition) is 2. The fraction of sp³-hybridized carbons (Fsp3) is 0.467. The molecule has 0 bridgehead atoms. The smallest absolute Gasteiger partial charge is 0.408 e. The predicted octanol–water partition coefficient (Wildman–Crippen LogP) is 3.74. The number of nitrogens with one attached hydrogen (secondary N) is 1. The first-order chi connectivity index (χ1) is 10.5. The summed E-state index contributed by atoms with van der Waals surface area (Å²) in [4.78, 5) is 23.1. The summed E-state index contributed by atoms with van der Waals surface area (Å²) in [7, 11) is 1.54. The molecule has 1 amide bonds. The zero-order chi connectivity index (χ0) is 17.8. The Balaban J connectivity index is 2.89. The standard InChI is InChI=1S/C15H19Br2NO5/c1-15(2,3)23-14(21)18-11(13(19)20)7-8-5-9(16)12(22-4)10(17)6-8/h5-6,11H,7H2,1-4H3,(H,18,21)(H,19,20)/t11-/m1/s1. The van der Waals surface area contributed by atoms with Crippen molar-refractivity contribution < 1.29 is 24.2 Å². The van der Waals surface area contributed by atoms with E-state index in [1.807, 2.05) is 0 Å². The van der Waals surface area contributed by atoms with Gasteiger partial charge in [0, 0.05) is 6.42 Å². The number of alkyl carbamates (subject to hydrolysis) is 1. The van der Waals surface area contributed by atoms with Gasteiger partial charge in [-0.3, -0.25) is 0 Å². The molecule has 1 aromatic carbocycles. The number of amides is 1. The van der Waals surface area contributed by atoms with E-state index in [0.717, 1.165) is 0 Å². The minimum Gasteiger partial charge on any atom is -0.494 e. The van der Waals surface area contributed by atoms with Crippen LogP contribution in [0.4, 0.5) is 4.79 Å². The van der Waals surface area contributed by atoms with Crippen LogP contribution in [-0.2, 0) is 16.0 Å². The lowest BCUT2D eigenvalue weighted by Gasteiger charge is -2.22. The van der Waals surface area contributed by atoms with Gasteiger partial charge in [0.25, 0.3) is 0 Å². The van der Waals surface area contributed by atoms with Gasteiger partial charge in [-0.25, -0.2) is 9.59 Å². The summed E-state index contributed by atoms with van der Waals surface area (Å²) in [6.07, 6.45) is -0.660. The number of ether oxygens (including phenoxy) is 2. The molecule has 0 radical (unpaired) electrons. The van der Waals surface area contributed by atoms with E-state index < -0.39 is 23.7 Å². The number of benzene rings is 1. The van der Waals surface area contributed by atoms with E-state index in [-0.39, 0.29) is 6.42 Å². The Bertz CT molecular complexity index is 575. The van der Waals surface area contributed by atoms with Crippen molar-refractivity contribution in [2.24, 2.45) is 0 Å². The lowest BCUT2D eigenvalue weighted by molar-refractivity contribution is -0.139. The van der Waals surface area contributed by atoms with Gasteiger partial charge in [-0.05, 0) is 70.3 Å². The van der Waals surface area contributed by atoms with E-state index in [1.165, 1.54) is 7.11 Å². The number of carbonyl (C=O) groups excluding carboxylic acids is 1. The third kappa shape index (κ3) is 6.39. The normalized spacial score (nSPS) is 12.4. The molecule has 128 valence electrons. The number of carboxylic acid groups (broad SMARTS) is 1. The van der Waals surface area contributed by atoms with Crippen LogP contribution in [0.1, 0.15) is 26.3 Å². The summed E-state index contributed by atoms with van der Waals surface area (Å²) >= 11 is 6.72. The molecule has 0 aliphatic heterocycles. The number of hydrogen-bond acceptors (Lipinski definition) is 4. The average Bonchev–Trinajstić information content (AvgIpc) is 2.35. The van der Waals surface area contributed by atoms with Crippen LogP contribution in [0.3, 0.4) is 0 Å². The van der Waals surface area contributed by atoms with Gasteiger partial charge < -0.3 is 19.9 Å². The van der Waals surface area contributed by atoms with Crippen LogP contribution in [0, 0.1) is 0 Å². The Hall–Kier alpha value is -1.28. The van der Waals surface area contributed by atoms with Gasteiger partial charge in [-0.1, -0.05) is 0 Å². The van der Waals surface area contributed by atoms with E-state index in [2.05, 4.69) is 37.2 Å². The molecule has 0 aromatic heterocycles. The molecule has 0 spiro atoms. The first-order valence-electron chi connectivity index (χ1n) is 6.77. The molecule has 8 heteroatoms. The number of aliphatic carboxylic acids is 1. The highest BCUT2D eigenvalue weighted by Gasteiger charge is 2.24. The second-order valence-electron chi connectivity index (χ2n) is 5.83. The molecular weight excluding hydrogens is 434 g/mol. The van der Waals surface area contributed by atoms with Gasteiger partial charge >= 0.3 is 12.1 Å². The zero-order valence-corrected chi connectivity index (χ0v) is 16.4. The minimum absolute atomic E-state index is 0.107. The number of carboxylic acids is 1. The van der Waals surface area contributed by atoms with Crippen LogP contribution >= 0.6 is 31.9 Å². The second-order valence-corrected chi connectivity index (χ2v) is 7.54. The number of rotatable bonds is 5. The van der Waals surface area contributed by atoms with Crippen molar-refractivity contribution in [2.75, 3.05) is 7.11 Å². The first-order valence-corrected chi connectivity index (χ1v) is 8.36. The van der Waals surface area contributed by atoms with Crippen molar-refractivity contribution in [1.82, 2.24) is 5.32 Å². The maximum Gasteiger partial charge on any atom is 0.408 e. The number of methoxy groups -OCH3 is 1. The van der Waals surface area contributed by atoms with Crippen LogP contribution in [-0.4, -0.2) is 35.9 Å². The van der Waals surface area contributed by atoms with E-state index in [1.54, 1.807) is 32.9 Å². The molecule has 6 nitrogen and oxygen atoms in total. The highest BCUT2D eigenvalue weighted by Crippen LogP contribution is 2.34. The van der Waals surface area contributed by atoms with Crippen LogP contribution in [0.15, 0.2) is 21.1 Å². The van der Waals surface area contributed by atoms with Crippen LogP contribution < -0.4 is 10.1 Å². The summed E-state index contributed by atoms with van der Waals surface area (Å²) in [5.74, 6) is -0.528. The van der Waals surface area contributed by atoms with E-state index in [0.29, 0.717) is 20.3 Å². The summed E-state index contributed by atoms with van der Waals surface area (Å²) in [6, 6.07) is 2.39. The van der Waals surface area contributed by atoms with Gasteiger partial charge in [-0.15, -0.1) is 0 Å². The summed E-state index contributed by atoms with van der Waals surface area (Å²) in [6.45, 7) is 5.13. The van der Waals surface area contributed by atoms with Crippen molar-refractivity contribution in [3.63, 3.8) is 0 Å². The molecule has 0 saturated heterocycles. The third-order valence-corrected chi connectivity index (χ3v) is 3.87. The maximum atomic E-state index is 11.8. The van der Waals surface area contributed by atoms with Crippen molar-refractivity contribution in [3.8, 4) is 5.75 Å². The fourth-order valence-electron chi connectivity index (χ4n) is 1.81. The zero-order valence-electron chi connectivity index (χ0n) is 13.3. The molecule has 0 saturated carbocycles. The molecular formula is C15H19Br2NO5. The Morgan fingerprint density at radius 1 is 1.26 bits per heavy atom. The predicted molar refractivity (Wildman–Crippen MR) is 92.9 cm³/mol. The summed E-state index contributed by atoms with van der Waals surface area (Å²) in [5, 5.41) is 11.7. The quantitative estimate of drug-likeness (QED) is 0.710. The van der Waals surface area contributed by atoms with Crippen molar-refractivity contribution in [3.05, 3.63) is 26.6 Å². The van der Waals surface area contributed by atoms with Gasteiger partial charge in [0.2, 0.25) is 0 Å². The monoisotopic (exact) mass is 451 g/mol. The van der Waals surface area contributed by atoms with Crippen LogP contribution in [0.5, 0.6) is 5.75 Å². The van der Waals surface area contributed by atoms with Crippen molar-refractivity contribution in [2.45, 2.75) is 38.8 Å². The average molecular weight is 453 g/mol. The van der Waals surface area contributed by atoms with Crippen molar-refractivity contribution >= 4 is 43.9 Å². The highest BCUT2D eigenvalue weighted by atomic mass is 79.9. The van der Waals surface area contributed by atoms with E-state index in [4.69, 9.17) is 9.47 Å². The summed E-state index contributed by atoms with van der Waals surface area (Å²) < 4.78 is 11.7. The van der Waals surface area contributed by atoms with Crippen LogP contribution in [0.2, 0.25) is 0 Å². The second kappa shape index (κ2) is 8.01. The molecule has 1 aromatic rings. The molecule has 23 heavy (non-hydrogen) atoms. The highest BCUT2D eigenvalue weighted by molar-refractivity contribution is 9.11. The molecule has 1 rings (SSSR count).